The van der Waals surface area contributed by atoms with Crippen molar-refractivity contribution in [2.45, 2.75) is 39.2 Å². The smallest absolute Gasteiger partial charge is 0.317 e. The summed E-state index contributed by atoms with van der Waals surface area (Å²) in [6.07, 6.45) is 2.86. The lowest BCUT2D eigenvalue weighted by molar-refractivity contribution is 0.0963. The van der Waals surface area contributed by atoms with E-state index in [-0.39, 0.29) is 11.9 Å². The molecule has 0 bridgehead atoms. The molecule has 2 atom stereocenters. The first kappa shape index (κ1) is 17.3. The third-order valence-electron chi connectivity index (χ3n) is 4.51. The highest BCUT2D eigenvalue weighted by Crippen LogP contribution is 2.21. The molecule has 0 saturated carbocycles. The Morgan fingerprint density at radius 1 is 1.30 bits per heavy atom. The van der Waals surface area contributed by atoms with Crippen LogP contribution in [0.3, 0.4) is 0 Å². The van der Waals surface area contributed by atoms with E-state index in [9.17, 15) is 9.59 Å². The monoisotopic (exact) mass is 317 g/mol. The maximum Gasteiger partial charge on any atom is 0.317 e. The third-order valence-corrected chi connectivity index (χ3v) is 4.51. The number of amides is 3. The summed E-state index contributed by atoms with van der Waals surface area (Å²) in [7, 11) is 1.62. The number of carbonyl (C=O) groups is 2. The van der Waals surface area contributed by atoms with E-state index < -0.39 is 0 Å². The molecule has 3 amide bonds. The standard InChI is InChI=1S/C18H27N3O2/c1-13-8-10-21(14(2)11-13)18(23)20-9-7-15-5-4-6-16(12-15)17(22)19-3/h4-6,12-14H,7-11H2,1-3H3,(H,19,22)(H,20,23)/t13-,14+/m0/s1. The Bertz CT molecular complexity index is 559. The SMILES string of the molecule is CNC(=O)c1cccc(CCNC(=O)N2CC[C@H](C)C[C@H]2C)c1. The van der Waals surface area contributed by atoms with E-state index in [0.29, 0.717) is 24.1 Å². The zero-order valence-electron chi connectivity index (χ0n) is 14.3. The Kier molecular flexibility index (Phi) is 6.02. The Labute approximate surface area is 138 Å². The summed E-state index contributed by atoms with van der Waals surface area (Å²) in [6.45, 7) is 5.77. The average Bonchev–Trinajstić information content (AvgIpc) is 2.54. The summed E-state index contributed by atoms with van der Waals surface area (Å²) in [5.41, 5.74) is 1.70. The topological polar surface area (TPSA) is 61.4 Å². The molecule has 1 saturated heterocycles. The van der Waals surface area contributed by atoms with Crippen molar-refractivity contribution in [1.82, 2.24) is 15.5 Å². The van der Waals surface area contributed by atoms with E-state index in [2.05, 4.69) is 24.5 Å². The number of benzene rings is 1. The highest BCUT2D eigenvalue weighted by molar-refractivity contribution is 5.94. The van der Waals surface area contributed by atoms with Gasteiger partial charge in [-0.25, -0.2) is 4.79 Å². The van der Waals surface area contributed by atoms with Gasteiger partial charge in [-0.3, -0.25) is 4.79 Å². The minimum Gasteiger partial charge on any atom is -0.355 e. The highest BCUT2D eigenvalue weighted by atomic mass is 16.2. The van der Waals surface area contributed by atoms with Gasteiger partial charge < -0.3 is 15.5 Å². The van der Waals surface area contributed by atoms with Gasteiger partial charge in [-0.15, -0.1) is 0 Å². The van der Waals surface area contributed by atoms with Crippen LogP contribution in [-0.2, 0) is 6.42 Å². The van der Waals surface area contributed by atoms with E-state index in [1.807, 2.05) is 23.1 Å². The lowest BCUT2D eigenvalue weighted by Gasteiger charge is -2.36. The largest absolute Gasteiger partial charge is 0.355 e. The van der Waals surface area contributed by atoms with Crippen LogP contribution >= 0.6 is 0 Å². The summed E-state index contributed by atoms with van der Waals surface area (Å²) in [6, 6.07) is 7.83. The van der Waals surface area contributed by atoms with Crippen LogP contribution in [0.5, 0.6) is 0 Å². The second kappa shape index (κ2) is 7.99. The van der Waals surface area contributed by atoms with Gasteiger partial charge in [0.2, 0.25) is 0 Å². The molecule has 0 aromatic heterocycles. The minimum absolute atomic E-state index is 0.0202. The maximum atomic E-state index is 12.3. The minimum atomic E-state index is -0.0906. The van der Waals surface area contributed by atoms with Gasteiger partial charge in [0.15, 0.2) is 0 Å². The first-order valence-corrected chi connectivity index (χ1v) is 8.36. The van der Waals surface area contributed by atoms with E-state index in [4.69, 9.17) is 0 Å². The summed E-state index contributed by atoms with van der Waals surface area (Å²) >= 11 is 0. The number of urea groups is 1. The van der Waals surface area contributed by atoms with Crippen molar-refractivity contribution in [1.29, 1.82) is 0 Å². The van der Waals surface area contributed by atoms with E-state index in [1.165, 1.54) is 0 Å². The molecule has 1 heterocycles. The molecule has 1 aromatic rings. The molecule has 0 radical (unpaired) electrons. The Balaban J connectivity index is 1.83. The Morgan fingerprint density at radius 3 is 2.78 bits per heavy atom. The van der Waals surface area contributed by atoms with Crippen LogP contribution in [0.2, 0.25) is 0 Å². The molecule has 1 aliphatic rings. The van der Waals surface area contributed by atoms with Gasteiger partial charge >= 0.3 is 6.03 Å². The molecule has 0 aliphatic carbocycles. The second-order valence-corrected chi connectivity index (χ2v) is 6.43. The fraction of sp³-hybridized carbons (Fsp3) is 0.556. The molecule has 5 heteroatoms. The Morgan fingerprint density at radius 2 is 2.09 bits per heavy atom. The van der Waals surface area contributed by atoms with Crippen molar-refractivity contribution in [3.8, 4) is 0 Å². The van der Waals surface area contributed by atoms with E-state index in [0.717, 1.165) is 31.4 Å². The molecule has 1 aliphatic heterocycles. The number of piperidine rings is 1. The van der Waals surface area contributed by atoms with Crippen LogP contribution in [0.25, 0.3) is 0 Å². The van der Waals surface area contributed by atoms with Gasteiger partial charge in [0.25, 0.3) is 5.91 Å². The number of nitrogens with zero attached hydrogens (tertiary/aromatic N) is 1. The number of hydrogen-bond donors (Lipinski definition) is 2. The lowest BCUT2D eigenvalue weighted by Crippen LogP contribution is -2.49. The first-order valence-electron chi connectivity index (χ1n) is 8.36. The van der Waals surface area contributed by atoms with Gasteiger partial charge in [-0.2, -0.15) is 0 Å². The van der Waals surface area contributed by atoms with Gasteiger partial charge in [0.1, 0.15) is 0 Å². The summed E-state index contributed by atoms with van der Waals surface area (Å²) in [5.74, 6) is 0.605. The van der Waals surface area contributed by atoms with Crippen molar-refractivity contribution in [3.05, 3.63) is 35.4 Å². The molecule has 1 aromatic carbocycles. The van der Waals surface area contributed by atoms with Gasteiger partial charge in [-0.1, -0.05) is 19.1 Å². The summed E-state index contributed by atoms with van der Waals surface area (Å²) in [4.78, 5) is 25.8. The number of nitrogens with one attached hydrogen (secondary N) is 2. The molecule has 126 valence electrons. The fourth-order valence-corrected chi connectivity index (χ4v) is 3.14. The van der Waals surface area contributed by atoms with Crippen LogP contribution < -0.4 is 10.6 Å². The van der Waals surface area contributed by atoms with Gasteiger partial charge in [-0.05, 0) is 49.8 Å². The molecule has 1 fully saturated rings. The molecule has 0 unspecified atom stereocenters. The van der Waals surface area contributed by atoms with Crippen LogP contribution in [0.15, 0.2) is 24.3 Å². The predicted octanol–water partition coefficient (Wildman–Crippen LogP) is 2.42. The third kappa shape index (κ3) is 4.71. The number of carbonyl (C=O) groups excluding carboxylic acids is 2. The first-order chi connectivity index (χ1) is 11.0. The molecule has 5 nitrogen and oxygen atoms in total. The second-order valence-electron chi connectivity index (χ2n) is 6.43. The van der Waals surface area contributed by atoms with Crippen molar-refractivity contribution >= 4 is 11.9 Å². The van der Waals surface area contributed by atoms with Crippen LogP contribution in [0.1, 0.15) is 42.6 Å². The van der Waals surface area contributed by atoms with Crippen LogP contribution in [0.4, 0.5) is 4.79 Å². The Hall–Kier alpha value is -2.04. The number of hydrogen-bond acceptors (Lipinski definition) is 2. The molecule has 23 heavy (non-hydrogen) atoms. The molecule has 2 N–H and O–H groups in total. The zero-order valence-corrected chi connectivity index (χ0v) is 14.3. The quantitative estimate of drug-likeness (QED) is 0.896. The van der Waals surface area contributed by atoms with Crippen LogP contribution in [0, 0.1) is 5.92 Å². The van der Waals surface area contributed by atoms with Crippen molar-refractivity contribution in [2.75, 3.05) is 20.1 Å². The lowest BCUT2D eigenvalue weighted by atomic mass is 9.94. The molecular formula is C18H27N3O2. The molecule has 2 rings (SSSR count). The van der Waals surface area contributed by atoms with Crippen LogP contribution in [-0.4, -0.2) is 43.0 Å². The van der Waals surface area contributed by atoms with Gasteiger partial charge in [0, 0.05) is 31.7 Å². The molecule has 0 spiro atoms. The normalized spacial score (nSPS) is 20.9. The average molecular weight is 317 g/mol. The molecular weight excluding hydrogens is 290 g/mol. The van der Waals surface area contributed by atoms with Crippen molar-refractivity contribution < 1.29 is 9.59 Å². The predicted molar refractivity (Wildman–Crippen MR) is 91.5 cm³/mol. The summed E-state index contributed by atoms with van der Waals surface area (Å²) < 4.78 is 0. The van der Waals surface area contributed by atoms with E-state index >= 15 is 0 Å². The van der Waals surface area contributed by atoms with Gasteiger partial charge in [0.05, 0.1) is 0 Å². The fourth-order valence-electron chi connectivity index (χ4n) is 3.14. The van der Waals surface area contributed by atoms with E-state index in [1.54, 1.807) is 13.1 Å². The maximum absolute atomic E-state index is 12.3. The highest BCUT2D eigenvalue weighted by Gasteiger charge is 2.26. The summed E-state index contributed by atoms with van der Waals surface area (Å²) in [5, 5.41) is 5.61. The van der Waals surface area contributed by atoms with Crippen molar-refractivity contribution in [3.63, 3.8) is 0 Å². The number of rotatable bonds is 4. The zero-order chi connectivity index (χ0) is 16.8. The number of likely N-dealkylation sites (tertiary alicyclic amines) is 1. The van der Waals surface area contributed by atoms with Crippen molar-refractivity contribution in [2.24, 2.45) is 5.92 Å².